The maximum Gasteiger partial charge on any atom is 0.267 e. The van der Waals surface area contributed by atoms with E-state index in [0.29, 0.717) is 5.02 Å². The van der Waals surface area contributed by atoms with E-state index in [1.807, 2.05) is 43.3 Å². The Balaban J connectivity index is 1.87. The second-order valence-corrected chi connectivity index (χ2v) is 5.33. The average Bonchev–Trinajstić information content (AvgIpc) is 2.49. The molecule has 0 bridgehead atoms. The third-order valence-electron chi connectivity index (χ3n) is 2.95. The third kappa shape index (κ3) is 4.90. The van der Waals surface area contributed by atoms with E-state index in [9.17, 15) is 4.79 Å². The molecule has 0 unspecified atom stereocenters. The van der Waals surface area contributed by atoms with Crippen molar-refractivity contribution in [3.8, 4) is 0 Å². The number of benzene rings is 2. The van der Waals surface area contributed by atoms with Crippen LogP contribution in [-0.2, 0) is 9.63 Å². The molecule has 0 aliphatic rings. The van der Waals surface area contributed by atoms with E-state index in [0.717, 1.165) is 16.8 Å². The van der Waals surface area contributed by atoms with Gasteiger partial charge in [-0.1, -0.05) is 41.0 Å². The molecule has 0 heterocycles. The van der Waals surface area contributed by atoms with Gasteiger partial charge in [0.1, 0.15) is 0 Å². The Morgan fingerprint density at radius 3 is 2.68 bits per heavy atom. The molecule has 4 nitrogen and oxygen atoms in total. The summed E-state index contributed by atoms with van der Waals surface area (Å²) in [4.78, 5) is 17.1. The summed E-state index contributed by atoms with van der Waals surface area (Å²) in [5, 5.41) is 7.26. The van der Waals surface area contributed by atoms with Crippen molar-refractivity contribution in [2.45, 2.75) is 20.0 Å². The van der Waals surface area contributed by atoms with Crippen molar-refractivity contribution < 1.29 is 9.63 Å². The van der Waals surface area contributed by atoms with Crippen LogP contribution in [0.5, 0.6) is 0 Å². The van der Waals surface area contributed by atoms with Crippen LogP contribution in [0.3, 0.4) is 0 Å². The Kier molecular flexibility index (Phi) is 5.55. The van der Waals surface area contributed by atoms with Gasteiger partial charge in [-0.05, 0) is 49.2 Å². The Morgan fingerprint density at radius 2 is 2.00 bits per heavy atom. The summed E-state index contributed by atoms with van der Waals surface area (Å²) in [5.41, 5.74) is 2.66. The van der Waals surface area contributed by atoms with Gasteiger partial charge in [-0.25, -0.2) is 0 Å². The van der Waals surface area contributed by atoms with Gasteiger partial charge in [0.25, 0.3) is 5.91 Å². The maximum atomic E-state index is 12.0. The van der Waals surface area contributed by atoms with E-state index in [4.69, 9.17) is 16.4 Å². The number of hydrogen-bond acceptors (Lipinski definition) is 3. The lowest BCUT2D eigenvalue weighted by Crippen LogP contribution is -2.26. The average molecular weight is 317 g/mol. The van der Waals surface area contributed by atoms with Gasteiger partial charge in [-0.2, -0.15) is 0 Å². The summed E-state index contributed by atoms with van der Waals surface area (Å²) in [5.74, 6) is -0.251. The van der Waals surface area contributed by atoms with Gasteiger partial charge in [-0.3, -0.25) is 4.79 Å². The first-order valence-electron chi connectivity index (χ1n) is 6.87. The summed E-state index contributed by atoms with van der Waals surface area (Å²) in [7, 11) is 0. The Labute approximate surface area is 134 Å². The Hall–Kier alpha value is -2.33. The number of nitrogens with zero attached hydrogens (tertiary/aromatic N) is 1. The molecule has 114 valence electrons. The van der Waals surface area contributed by atoms with Gasteiger partial charge in [0.05, 0.1) is 6.21 Å². The number of anilines is 1. The molecule has 2 rings (SSSR count). The zero-order chi connectivity index (χ0) is 15.9. The highest BCUT2D eigenvalue weighted by Crippen LogP contribution is 2.11. The van der Waals surface area contributed by atoms with Crippen LogP contribution < -0.4 is 5.32 Å². The number of carbonyl (C=O) groups is 1. The fourth-order valence-corrected chi connectivity index (χ4v) is 1.87. The fourth-order valence-electron chi connectivity index (χ4n) is 1.75. The zero-order valence-corrected chi connectivity index (χ0v) is 13.2. The van der Waals surface area contributed by atoms with Gasteiger partial charge < -0.3 is 10.2 Å². The zero-order valence-electron chi connectivity index (χ0n) is 12.4. The summed E-state index contributed by atoms with van der Waals surface area (Å²) in [6.45, 7) is 3.61. The summed E-state index contributed by atoms with van der Waals surface area (Å²) < 4.78 is 0. The van der Waals surface area contributed by atoms with Gasteiger partial charge in [0.2, 0.25) is 6.10 Å². The highest BCUT2D eigenvalue weighted by molar-refractivity contribution is 6.30. The minimum atomic E-state index is -0.691. The van der Waals surface area contributed by atoms with E-state index in [1.165, 1.54) is 6.21 Å². The van der Waals surface area contributed by atoms with Gasteiger partial charge in [0.15, 0.2) is 0 Å². The molecule has 0 fully saturated rings. The molecular weight excluding hydrogens is 300 g/mol. The van der Waals surface area contributed by atoms with Crippen LogP contribution in [-0.4, -0.2) is 18.2 Å². The molecule has 0 saturated heterocycles. The molecule has 1 amide bonds. The predicted octanol–water partition coefficient (Wildman–Crippen LogP) is 4.03. The molecule has 0 aliphatic carbocycles. The smallest absolute Gasteiger partial charge is 0.267 e. The molecule has 0 saturated carbocycles. The van der Waals surface area contributed by atoms with E-state index in [2.05, 4.69) is 10.5 Å². The minimum absolute atomic E-state index is 0.251. The second-order valence-electron chi connectivity index (χ2n) is 4.89. The lowest BCUT2D eigenvalue weighted by atomic mass is 10.2. The standard InChI is InChI=1S/C17H17ClN2O2/c1-12-4-3-5-16(10-12)20-17(21)13(2)22-19-11-14-6-8-15(18)9-7-14/h3-11,13H,1-2H3,(H,20,21)/b19-11-/t13-/m1/s1. The van der Waals surface area contributed by atoms with Crippen LogP contribution in [0.15, 0.2) is 53.7 Å². The van der Waals surface area contributed by atoms with Gasteiger partial charge in [0, 0.05) is 10.7 Å². The molecule has 1 N–H and O–H groups in total. The number of halogens is 1. The van der Waals surface area contributed by atoms with Crippen LogP contribution in [0, 0.1) is 6.92 Å². The molecule has 2 aromatic carbocycles. The van der Waals surface area contributed by atoms with Crippen molar-refractivity contribution >= 4 is 29.4 Å². The van der Waals surface area contributed by atoms with Crippen LogP contribution in [0.25, 0.3) is 0 Å². The van der Waals surface area contributed by atoms with E-state index in [1.54, 1.807) is 19.1 Å². The quantitative estimate of drug-likeness (QED) is 0.669. The third-order valence-corrected chi connectivity index (χ3v) is 3.20. The minimum Gasteiger partial charge on any atom is -0.383 e. The maximum absolute atomic E-state index is 12.0. The van der Waals surface area contributed by atoms with E-state index < -0.39 is 6.10 Å². The molecule has 0 spiro atoms. The normalized spacial score (nSPS) is 12.1. The monoisotopic (exact) mass is 316 g/mol. The number of nitrogens with one attached hydrogen (secondary N) is 1. The summed E-state index contributed by atoms with van der Waals surface area (Å²) in [6.07, 6.45) is 0.844. The van der Waals surface area contributed by atoms with Gasteiger partial charge >= 0.3 is 0 Å². The Morgan fingerprint density at radius 1 is 1.27 bits per heavy atom. The highest BCUT2D eigenvalue weighted by atomic mass is 35.5. The molecular formula is C17H17ClN2O2. The predicted molar refractivity (Wildman–Crippen MR) is 89.4 cm³/mol. The molecule has 22 heavy (non-hydrogen) atoms. The van der Waals surface area contributed by atoms with Crippen LogP contribution in [0.4, 0.5) is 5.69 Å². The topological polar surface area (TPSA) is 50.7 Å². The lowest BCUT2D eigenvalue weighted by Gasteiger charge is -2.10. The number of oxime groups is 1. The first kappa shape index (κ1) is 16.0. The number of aryl methyl sites for hydroxylation is 1. The molecule has 5 heteroatoms. The fraction of sp³-hybridized carbons (Fsp3) is 0.176. The SMILES string of the molecule is Cc1cccc(NC(=O)[C@@H](C)O/N=C\c2ccc(Cl)cc2)c1. The van der Waals surface area contributed by atoms with Crippen molar-refractivity contribution in [2.24, 2.45) is 5.16 Å². The van der Waals surface area contributed by atoms with E-state index >= 15 is 0 Å². The van der Waals surface area contributed by atoms with Crippen LogP contribution >= 0.6 is 11.6 Å². The van der Waals surface area contributed by atoms with Crippen molar-refractivity contribution in [3.05, 3.63) is 64.7 Å². The molecule has 0 aliphatic heterocycles. The van der Waals surface area contributed by atoms with Crippen LogP contribution in [0.2, 0.25) is 5.02 Å². The summed E-state index contributed by atoms with van der Waals surface area (Å²) >= 11 is 5.80. The van der Waals surface area contributed by atoms with Crippen molar-refractivity contribution in [1.29, 1.82) is 0 Å². The molecule has 0 radical (unpaired) electrons. The number of rotatable bonds is 5. The lowest BCUT2D eigenvalue weighted by molar-refractivity contribution is -0.126. The highest BCUT2D eigenvalue weighted by Gasteiger charge is 2.14. The first-order valence-corrected chi connectivity index (χ1v) is 7.24. The van der Waals surface area contributed by atoms with Gasteiger partial charge in [-0.15, -0.1) is 0 Å². The Bertz CT molecular complexity index is 669. The molecule has 2 aromatic rings. The second kappa shape index (κ2) is 7.61. The van der Waals surface area contributed by atoms with Crippen LogP contribution in [0.1, 0.15) is 18.1 Å². The number of carbonyl (C=O) groups excluding carboxylic acids is 1. The number of amides is 1. The van der Waals surface area contributed by atoms with Crippen molar-refractivity contribution in [3.63, 3.8) is 0 Å². The van der Waals surface area contributed by atoms with Crippen molar-refractivity contribution in [2.75, 3.05) is 5.32 Å². The largest absolute Gasteiger partial charge is 0.383 e. The van der Waals surface area contributed by atoms with E-state index in [-0.39, 0.29) is 5.91 Å². The molecule has 1 atom stereocenters. The first-order chi connectivity index (χ1) is 10.5. The molecule has 0 aromatic heterocycles. The van der Waals surface area contributed by atoms with Crippen molar-refractivity contribution in [1.82, 2.24) is 0 Å². The number of hydrogen-bond donors (Lipinski definition) is 1. The summed E-state index contributed by atoms with van der Waals surface area (Å²) in [6, 6.07) is 14.7.